The molecule has 0 fully saturated rings. The highest BCUT2D eigenvalue weighted by atomic mass is 19.3. The number of methoxy groups -OCH3 is 1. The van der Waals surface area contributed by atoms with E-state index in [0.717, 1.165) is 0 Å². The molecule has 5 heteroatoms. The molecule has 0 aromatic heterocycles. The lowest BCUT2D eigenvalue weighted by Crippen LogP contribution is -2.39. The molecule has 0 spiro atoms. The largest absolute Gasteiger partial charge is 0.469 e. The fourth-order valence-corrected chi connectivity index (χ4v) is 1.32. The number of nitrogens with zero attached hydrogens (tertiary/aromatic N) is 1. The number of rotatable bonds is 5. The predicted molar refractivity (Wildman–Crippen MR) is 49.3 cm³/mol. The molecular formula is C9H17F2NO2. The van der Waals surface area contributed by atoms with Gasteiger partial charge in [-0.1, -0.05) is 0 Å². The highest BCUT2D eigenvalue weighted by Gasteiger charge is 2.30. The Morgan fingerprint density at radius 1 is 1.50 bits per heavy atom. The van der Waals surface area contributed by atoms with Crippen molar-refractivity contribution >= 4 is 5.97 Å². The molecule has 0 aromatic rings. The Morgan fingerprint density at radius 3 is 2.36 bits per heavy atom. The molecule has 0 aliphatic carbocycles. The van der Waals surface area contributed by atoms with E-state index in [2.05, 4.69) is 4.74 Å². The standard InChI is InChI=1S/C9H17F2NO2/c1-9(2,8(13)14-4)6-12(3)5-7(10)11/h7H,5-6H2,1-4H3. The second-order valence-corrected chi connectivity index (χ2v) is 3.96. The van der Waals surface area contributed by atoms with Crippen molar-refractivity contribution in [3.8, 4) is 0 Å². The molecule has 0 unspecified atom stereocenters. The zero-order valence-electron chi connectivity index (χ0n) is 9.01. The predicted octanol–water partition coefficient (Wildman–Crippen LogP) is 1.38. The second kappa shape index (κ2) is 5.24. The van der Waals surface area contributed by atoms with E-state index >= 15 is 0 Å². The van der Waals surface area contributed by atoms with E-state index in [0.29, 0.717) is 0 Å². The molecule has 0 saturated carbocycles. The first-order valence-corrected chi connectivity index (χ1v) is 4.34. The normalized spacial score (nSPS) is 12.3. The third kappa shape index (κ3) is 4.50. The van der Waals surface area contributed by atoms with Crippen LogP contribution in [0.5, 0.6) is 0 Å². The van der Waals surface area contributed by atoms with Crippen molar-refractivity contribution in [3.05, 3.63) is 0 Å². The van der Waals surface area contributed by atoms with Crippen LogP contribution >= 0.6 is 0 Å². The van der Waals surface area contributed by atoms with Crippen molar-refractivity contribution < 1.29 is 18.3 Å². The van der Waals surface area contributed by atoms with E-state index in [9.17, 15) is 13.6 Å². The molecule has 84 valence electrons. The zero-order valence-corrected chi connectivity index (χ0v) is 9.01. The summed E-state index contributed by atoms with van der Waals surface area (Å²) < 4.78 is 28.5. The average Bonchev–Trinajstić information content (AvgIpc) is 1.99. The minimum Gasteiger partial charge on any atom is -0.469 e. The van der Waals surface area contributed by atoms with Crippen LogP contribution in [0, 0.1) is 5.41 Å². The third-order valence-electron chi connectivity index (χ3n) is 1.85. The molecule has 0 bridgehead atoms. The molecule has 0 aliphatic heterocycles. The van der Waals surface area contributed by atoms with E-state index in [1.54, 1.807) is 20.9 Å². The van der Waals surface area contributed by atoms with Crippen LogP contribution in [0.2, 0.25) is 0 Å². The molecule has 0 saturated heterocycles. The Labute approximate surface area is 83.0 Å². The number of hydrogen-bond donors (Lipinski definition) is 0. The van der Waals surface area contributed by atoms with Crippen molar-refractivity contribution in [1.29, 1.82) is 0 Å². The molecule has 0 aromatic carbocycles. The summed E-state index contributed by atoms with van der Waals surface area (Å²) in [5.74, 6) is -0.390. The maximum atomic E-state index is 12.0. The quantitative estimate of drug-likeness (QED) is 0.641. The summed E-state index contributed by atoms with van der Waals surface area (Å²) in [6, 6.07) is 0. The molecule has 14 heavy (non-hydrogen) atoms. The van der Waals surface area contributed by atoms with Crippen molar-refractivity contribution in [3.63, 3.8) is 0 Å². The van der Waals surface area contributed by atoms with Crippen molar-refractivity contribution in [2.24, 2.45) is 5.41 Å². The van der Waals surface area contributed by atoms with Crippen LogP contribution in [-0.2, 0) is 9.53 Å². The number of alkyl halides is 2. The van der Waals surface area contributed by atoms with Gasteiger partial charge in [-0.2, -0.15) is 0 Å². The fraction of sp³-hybridized carbons (Fsp3) is 0.889. The molecule has 0 radical (unpaired) electrons. The van der Waals surface area contributed by atoms with Crippen LogP contribution < -0.4 is 0 Å². The van der Waals surface area contributed by atoms with Crippen LogP contribution in [0.4, 0.5) is 8.78 Å². The zero-order chi connectivity index (χ0) is 11.4. The molecule has 0 amide bonds. The molecule has 3 nitrogen and oxygen atoms in total. The maximum Gasteiger partial charge on any atom is 0.312 e. The van der Waals surface area contributed by atoms with E-state index in [4.69, 9.17) is 0 Å². The average molecular weight is 209 g/mol. The maximum absolute atomic E-state index is 12.0. The van der Waals surface area contributed by atoms with Crippen LogP contribution in [0.3, 0.4) is 0 Å². The van der Waals surface area contributed by atoms with Gasteiger partial charge in [0.15, 0.2) is 0 Å². The first-order chi connectivity index (χ1) is 6.29. The lowest BCUT2D eigenvalue weighted by atomic mass is 9.93. The molecule has 0 atom stereocenters. The van der Waals surface area contributed by atoms with Gasteiger partial charge in [-0.15, -0.1) is 0 Å². The first kappa shape index (κ1) is 13.3. The van der Waals surface area contributed by atoms with E-state index in [1.165, 1.54) is 12.0 Å². The first-order valence-electron chi connectivity index (χ1n) is 4.34. The van der Waals surface area contributed by atoms with Crippen LogP contribution in [-0.4, -0.2) is 44.5 Å². The number of hydrogen-bond acceptors (Lipinski definition) is 3. The lowest BCUT2D eigenvalue weighted by molar-refractivity contribution is -0.151. The molecule has 0 rings (SSSR count). The number of ether oxygens (including phenoxy) is 1. The molecule has 0 N–H and O–H groups in total. The summed E-state index contributed by atoms with van der Waals surface area (Å²) >= 11 is 0. The monoisotopic (exact) mass is 209 g/mol. The van der Waals surface area contributed by atoms with E-state index in [-0.39, 0.29) is 13.1 Å². The van der Waals surface area contributed by atoms with Gasteiger partial charge in [0.2, 0.25) is 0 Å². The van der Waals surface area contributed by atoms with E-state index < -0.39 is 17.8 Å². The van der Waals surface area contributed by atoms with Gasteiger partial charge >= 0.3 is 5.97 Å². The Bertz CT molecular complexity index is 195. The van der Waals surface area contributed by atoms with Gasteiger partial charge in [0, 0.05) is 6.54 Å². The SMILES string of the molecule is COC(=O)C(C)(C)CN(C)CC(F)F. The van der Waals surface area contributed by atoms with Crippen LogP contribution in [0.15, 0.2) is 0 Å². The summed E-state index contributed by atoms with van der Waals surface area (Å²) in [5, 5.41) is 0. The molecule has 0 heterocycles. The van der Waals surface area contributed by atoms with Crippen molar-refractivity contribution in [2.45, 2.75) is 20.3 Å². The van der Waals surface area contributed by atoms with Gasteiger partial charge in [0.1, 0.15) is 0 Å². The second-order valence-electron chi connectivity index (χ2n) is 3.96. The van der Waals surface area contributed by atoms with E-state index in [1.807, 2.05) is 0 Å². The minimum atomic E-state index is -2.38. The third-order valence-corrected chi connectivity index (χ3v) is 1.85. The number of halogens is 2. The van der Waals surface area contributed by atoms with Gasteiger partial charge in [0.05, 0.1) is 19.1 Å². The van der Waals surface area contributed by atoms with Crippen molar-refractivity contribution in [1.82, 2.24) is 4.90 Å². The summed E-state index contributed by atoms with van der Waals surface area (Å²) in [7, 11) is 2.84. The summed E-state index contributed by atoms with van der Waals surface area (Å²) in [6.07, 6.45) is -2.38. The number of esters is 1. The summed E-state index contributed by atoms with van der Waals surface area (Å²) in [5.41, 5.74) is -0.752. The Kier molecular flexibility index (Phi) is 4.97. The number of carbonyl (C=O) groups excluding carboxylic acids is 1. The Balaban J connectivity index is 4.14. The van der Waals surface area contributed by atoms with Crippen molar-refractivity contribution in [2.75, 3.05) is 27.2 Å². The highest BCUT2D eigenvalue weighted by Crippen LogP contribution is 2.18. The Hall–Kier alpha value is -0.710. The van der Waals surface area contributed by atoms with Crippen LogP contribution in [0.1, 0.15) is 13.8 Å². The van der Waals surface area contributed by atoms with Gasteiger partial charge in [-0.3, -0.25) is 9.69 Å². The Morgan fingerprint density at radius 2 is 2.00 bits per heavy atom. The van der Waals surface area contributed by atoms with Gasteiger partial charge in [0.25, 0.3) is 6.43 Å². The smallest absolute Gasteiger partial charge is 0.312 e. The van der Waals surface area contributed by atoms with Crippen LogP contribution in [0.25, 0.3) is 0 Å². The van der Waals surface area contributed by atoms with Gasteiger partial charge < -0.3 is 4.74 Å². The van der Waals surface area contributed by atoms with Gasteiger partial charge in [-0.25, -0.2) is 8.78 Å². The minimum absolute atomic E-state index is 0.254. The highest BCUT2D eigenvalue weighted by molar-refractivity contribution is 5.76. The van der Waals surface area contributed by atoms with Gasteiger partial charge in [-0.05, 0) is 20.9 Å². The lowest BCUT2D eigenvalue weighted by Gasteiger charge is -2.27. The summed E-state index contributed by atoms with van der Waals surface area (Å²) in [6.45, 7) is 3.26. The fourth-order valence-electron chi connectivity index (χ4n) is 1.32. The molecular weight excluding hydrogens is 192 g/mol. The summed E-state index contributed by atoms with van der Waals surface area (Å²) in [4.78, 5) is 12.6. The topological polar surface area (TPSA) is 29.5 Å². The number of carbonyl (C=O) groups is 1. The molecule has 0 aliphatic rings.